The zero-order valence-electron chi connectivity index (χ0n) is 7.09. The van der Waals surface area contributed by atoms with Crippen LogP contribution in [0.15, 0.2) is 23.3 Å². The summed E-state index contributed by atoms with van der Waals surface area (Å²) in [5.41, 5.74) is 0.928. The first kappa shape index (κ1) is 9.52. The number of nitrogens with zero attached hydrogens (tertiary/aromatic N) is 1. The fourth-order valence-corrected chi connectivity index (χ4v) is 1.28. The van der Waals surface area contributed by atoms with Crippen molar-refractivity contribution in [3.8, 4) is 0 Å². The van der Waals surface area contributed by atoms with Crippen LogP contribution in [0, 0.1) is 6.92 Å². The predicted molar refractivity (Wildman–Crippen MR) is 53.9 cm³/mol. The molecular weight excluding hydrogens is 218 g/mol. The van der Waals surface area contributed by atoms with Crippen molar-refractivity contribution in [3.63, 3.8) is 0 Å². The lowest BCUT2D eigenvalue weighted by atomic mass is 10.3. The van der Waals surface area contributed by atoms with E-state index in [1.807, 2.05) is 23.9 Å². The van der Waals surface area contributed by atoms with E-state index in [1.165, 1.54) is 0 Å². The molecule has 0 fully saturated rings. The van der Waals surface area contributed by atoms with Gasteiger partial charge in [0.05, 0.1) is 0 Å². The fourth-order valence-electron chi connectivity index (χ4n) is 1.03. The molecule has 1 aromatic heterocycles. The molecule has 0 radical (unpaired) electrons. The molecule has 3 heteroatoms. The lowest BCUT2D eigenvalue weighted by molar-refractivity contribution is 0.677. The molecule has 0 bridgehead atoms. The van der Waals surface area contributed by atoms with Gasteiger partial charge in [0.1, 0.15) is 0 Å². The SMILES string of the molecule is Cc1cn(CCCBr)ccc1=O. The van der Waals surface area contributed by atoms with E-state index in [0.29, 0.717) is 0 Å². The van der Waals surface area contributed by atoms with E-state index < -0.39 is 0 Å². The van der Waals surface area contributed by atoms with Gasteiger partial charge in [-0.1, -0.05) is 15.9 Å². The average molecular weight is 230 g/mol. The number of hydrogen-bond donors (Lipinski definition) is 0. The summed E-state index contributed by atoms with van der Waals surface area (Å²) >= 11 is 3.36. The molecule has 0 aliphatic carbocycles. The third-order valence-electron chi connectivity index (χ3n) is 1.72. The highest BCUT2D eigenvalue weighted by atomic mass is 79.9. The second kappa shape index (κ2) is 4.45. The van der Waals surface area contributed by atoms with E-state index in [-0.39, 0.29) is 5.43 Å². The van der Waals surface area contributed by atoms with Gasteiger partial charge in [-0.25, -0.2) is 0 Å². The minimum absolute atomic E-state index is 0.116. The average Bonchev–Trinajstić information content (AvgIpc) is 2.07. The van der Waals surface area contributed by atoms with Gasteiger partial charge in [0, 0.05) is 35.9 Å². The lowest BCUT2D eigenvalue weighted by Gasteiger charge is -2.04. The molecule has 0 aliphatic heterocycles. The second-order valence-electron chi connectivity index (χ2n) is 2.77. The minimum Gasteiger partial charge on any atom is -0.354 e. The summed E-state index contributed by atoms with van der Waals surface area (Å²) in [5, 5.41) is 0.998. The highest BCUT2D eigenvalue weighted by Gasteiger charge is 1.93. The van der Waals surface area contributed by atoms with Crippen molar-refractivity contribution in [3.05, 3.63) is 34.2 Å². The van der Waals surface area contributed by atoms with E-state index >= 15 is 0 Å². The van der Waals surface area contributed by atoms with Gasteiger partial charge in [-0.2, -0.15) is 0 Å². The Morgan fingerprint density at radius 2 is 2.33 bits per heavy atom. The molecule has 0 unspecified atom stereocenters. The molecular formula is C9H12BrNO. The van der Waals surface area contributed by atoms with Gasteiger partial charge in [-0.05, 0) is 13.3 Å². The molecule has 0 spiro atoms. The second-order valence-corrected chi connectivity index (χ2v) is 3.57. The summed E-state index contributed by atoms with van der Waals surface area (Å²) in [6.45, 7) is 2.80. The molecule has 0 N–H and O–H groups in total. The molecule has 1 rings (SSSR count). The molecule has 0 aromatic carbocycles. The fraction of sp³-hybridized carbons (Fsp3) is 0.444. The number of alkyl halides is 1. The molecule has 0 atom stereocenters. The van der Waals surface area contributed by atoms with Crippen LogP contribution in [0.25, 0.3) is 0 Å². The Morgan fingerprint density at radius 1 is 1.58 bits per heavy atom. The van der Waals surface area contributed by atoms with Crippen LogP contribution in [0.4, 0.5) is 0 Å². The van der Waals surface area contributed by atoms with Crippen molar-refractivity contribution in [2.75, 3.05) is 5.33 Å². The first-order valence-electron chi connectivity index (χ1n) is 3.96. The number of aromatic nitrogens is 1. The van der Waals surface area contributed by atoms with Crippen LogP contribution in [0.5, 0.6) is 0 Å². The van der Waals surface area contributed by atoms with Crippen molar-refractivity contribution in [2.24, 2.45) is 0 Å². The summed E-state index contributed by atoms with van der Waals surface area (Å²) < 4.78 is 2.04. The Hall–Kier alpha value is -0.570. The monoisotopic (exact) mass is 229 g/mol. The largest absolute Gasteiger partial charge is 0.354 e. The van der Waals surface area contributed by atoms with E-state index in [0.717, 1.165) is 23.9 Å². The van der Waals surface area contributed by atoms with Crippen LogP contribution < -0.4 is 5.43 Å². The number of rotatable bonds is 3. The van der Waals surface area contributed by atoms with Crippen LogP contribution in [0.1, 0.15) is 12.0 Å². The van der Waals surface area contributed by atoms with Gasteiger partial charge in [-0.3, -0.25) is 4.79 Å². The van der Waals surface area contributed by atoms with Gasteiger partial charge in [0.15, 0.2) is 5.43 Å². The Bertz CT molecular complexity index is 306. The topological polar surface area (TPSA) is 22.0 Å². The Labute approximate surface area is 80.3 Å². The molecule has 66 valence electrons. The third-order valence-corrected chi connectivity index (χ3v) is 2.28. The highest BCUT2D eigenvalue weighted by molar-refractivity contribution is 9.09. The quantitative estimate of drug-likeness (QED) is 0.727. The Morgan fingerprint density at radius 3 is 2.92 bits per heavy atom. The summed E-state index contributed by atoms with van der Waals surface area (Å²) in [5.74, 6) is 0. The van der Waals surface area contributed by atoms with Crippen LogP contribution in [-0.4, -0.2) is 9.90 Å². The number of pyridine rings is 1. The Kier molecular flexibility index (Phi) is 3.53. The molecule has 1 aromatic rings. The zero-order valence-corrected chi connectivity index (χ0v) is 8.67. The van der Waals surface area contributed by atoms with Crippen LogP contribution >= 0.6 is 15.9 Å². The van der Waals surface area contributed by atoms with Crippen molar-refractivity contribution < 1.29 is 0 Å². The van der Waals surface area contributed by atoms with Crippen LogP contribution in [-0.2, 0) is 6.54 Å². The Balaban J connectivity index is 2.75. The lowest BCUT2D eigenvalue weighted by Crippen LogP contribution is -2.08. The van der Waals surface area contributed by atoms with E-state index in [2.05, 4.69) is 15.9 Å². The predicted octanol–water partition coefficient (Wildman–Crippen LogP) is 1.94. The summed E-state index contributed by atoms with van der Waals surface area (Å²) in [4.78, 5) is 11.0. The van der Waals surface area contributed by atoms with Gasteiger partial charge in [0.25, 0.3) is 0 Å². The number of aryl methyl sites for hydroxylation is 2. The molecule has 1 heterocycles. The summed E-state index contributed by atoms with van der Waals surface area (Å²) in [6, 6.07) is 1.61. The van der Waals surface area contributed by atoms with Crippen LogP contribution in [0.3, 0.4) is 0 Å². The van der Waals surface area contributed by atoms with Gasteiger partial charge < -0.3 is 4.57 Å². The van der Waals surface area contributed by atoms with E-state index in [1.54, 1.807) is 6.07 Å². The summed E-state index contributed by atoms with van der Waals surface area (Å²) in [6.07, 6.45) is 4.81. The third kappa shape index (κ3) is 2.48. The van der Waals surface area contributed by atoms with Gasteiger partial charge in [0.2, 0.25) is 0 Å². The van der Waals surface area contributed by atoms with E-state index in [9.17, 15) is 4.79 Å². The molecule has 0 saturated carbocycles. The van der Waals surface area contributed by atoms with Gasteiger partial charge >= 0.3 is 0 Å². The maximum absolute atomic E-state index is 11.0. The molecule has 0 aliphatic rings. The molecule has 12 heavy (non-hydrogen) atoms. The van der Waals surface area contributed by atoms with Crippen molar-refractivity contribution >= 4 is 15.9 Å². The van der Waals surface area contributed by atoms with Crippen molar-refractivity contribution in [2.45, 2.75) is 19.9 Å². The maximum atomic E-state index is 11.0. The standard InChI is InChI=1S/C9H12BrNO/c1-8-7-11(5-2-4-10)6-3-9(8)12/h3,6-7H,2,4-5H2,1H3. The smallest absolute Gasteiger partial charge is 0.184 e. The maximum Gasteiger partial charge on any atom is 0.184 e. The normalized spacial score (nSPS) is 10.2. The van der Waals surface area contributed by atoms with Crippen LogP contribution in [0.2, 0.25) is 0 Å². The van der Waals surface area contributed by atoms with Crippen molar-refractivity contribution in [1.29, 1.82) is 0 Å². The highest BCUT2D eigenvalue weighted by Crippen LogP contribution is 1.95. The number of hydrogen-bond acceptors (Lipinski definition) is 1. The number of halogens is 1. The minimum atomic E-state index is 0.116. The van der Waals surface area contributed by atoms with Crippen molar-refractivity contribution in [1.82, 2.24) is 4.57 Å². The molecule has 0 amide bonds. The molecule has 0 saturated heterocycles. The van der Waals surface area contributed by atoms with Gasteiger partial charge in [-0.15, -0.1) is 0 Å². The first-order chi connectivity index (χ1) is 5.74. The molecule has 2 nitrogen and oxygen atoms in total. The zero-order chi connectivity index (χ0) is 8.97. The van der Waals surface area contributed by atoms with E-state index in [4.69, 9.17) is 0 Å². The summed E-state index contributed by atoms with van der Waals surface area (Å²) in [7, 11) is 0. The first-order valence-corrected chi connectivity index (χ1v) is 5.09.